The van der Waals surface area contributed by atoms with Crippen LogP contribution >= 0.6 is 0 Å². The highest BCUT2D eigenvalue weighted by atomic mass is 32.2. The predicted molar refractivity (Wildman–Crippen MR) is 70.2 cm³/mol. The summed E-state index contributed by atoms with van der Waals surface area (Å²) in [6.07, 6.45) is 0. The van der Waals surface area contributed by atoms with Crippen LogP contribution in [0.15, 0.2) is 53.4 Å². The molecule has 0 aliphatic rings. The van der Waals surface area contributed by atoms with Gasteiger partial charge in [-0.2, -0.15) is 0 Å². The van der Waals surface area contributed by atoms with Gasteiger partial charge in [-0.25, -0.2) is 12.8 Å². The SMILES string of the molecule is COc1ccccc1NS(=O)(=O)c1ccc(F)cc1. The van der Waals surface area contributed by atoms with Crippen molar-refractivity contribution in [2.75, 3.05) is 11.8 Å². The molecular weight excluding hydrogens is 269 g/mol. The van der Waals surface area contributed by atoms with Crippen LogP contribution in [0, 0.1) is 5.82 Å². The van der Waals surface area contributed by atoms with Gasteiger partial charge >= 0.3 is 0 Å². The number of anilines is 1. The quantitative estimate of drug-likeness (QED) is 0.937. The van der Waals surface area contributed by atoms with E-state index in [2.05, 4.69) is 4.72 Å². The summed E-state index contributed by atoms with van der Waals surface area (Å²) in [6.45, 7) is 0. The Morgan fingerprint density at radius 3 is 2.32 bits per heavy atom. The Morgan fingerprint density at radius 2 is 1.68 bits per heavy atom. The van der Waals surface area contributed by atoms with Crippen molar-refractivity contribution in [2.24, 2.45) is 0 Å². The molecule has 100 valence electrons. The van der Waals surface area contributed by atoms with E-state index in [0.717, 1.165) is 12.1 Å². The van der Waals surface area contributed by atoms with Crippen molar-refractivity contribution in [1.29, 1.82) is 0 Å². The number of benzene rings is 2. The van der Waals surface area contributed by atoms with Crippen molar-refractivity contribution in [3.05, 3.63) is 54.3 Å². The molecular formula is C13H12FNO3S. The summed E-state index contributed by atoms with van der Waals surface area (Å²) in [5.74, 6) is -0.0792. The van der Waals surface area contributed by atoms with E-state index < -0.39 is 15.8 Å². The van der Waals surface area contributed by atoms with E-state index in [-0.39, 0.29) is 4.90 Å². The number of hydrogen-bond acceptors (Lipinski definition) is 3. The average molecular weight is 281 g/mol. The van der Waals surface area contributed by atoms with Gasteiger partial charge in [0, 0.05) is 0 Å². The third-order valence-corrected chi connectivity index (χ3v) is 3.86. The van der Waals surface area contributed by atoms with Gasteiger partial charge in [-0.1, -0.05) is 12.1 Å². The van der Waals surface area contributed by atoms with Crippen molar-refractivity contribution in [1.82, 2.24) is 0 Å². The highest BCUT2D eigenvalue weighted by molar-refractivity contribution is 7.92. The fourth-order valence-electron chi connectivity index (χ4n) is 1.55. The molecule has 19 heavy (non-hydrogen) atoms. The molecule has 0 radical (unpaired) electrons. The third kappa shape index (κ3) is 3.03. The molecule has 1 N–H and O–H groups in total. The first-order chi connectivity index (χ1) is 9.03. The van der Waals surface area contributed by atoms with Crippen LogP contribution in [0.4, 0.5) is 10.1 Å². The highest BCUT2D eigenvalue weighted by Crippen LogP contribution is 2.26. The molecule has 4 nitrogen and oxygen atoms in total. The lowest BCUT2D eigenvalue weighted by atomic mass is 10.3. The Labute approximate surface area is 110 Å². The molecule has 0 aromatic heterocycles. The van der Waals surface area contributed by atoms with Crippen LogP contribution in [0.25, 0.3) is 0 Å². The highest BCUT2D eigenvalue weighted by Gasteiger charge is 2.16. The van der Waals surface area contributed by atoms with Crippen LogP contribution in [0.5, 0.6) is 5.75 Å². The summed E-state index contributed by atoms with van der Waals surface area (Å²) >= 11 is 0. The fraction of sp³-hybridized carbons (Fsp3) is 0.0769. The van der Waals surface area contributed by atoms with Crippen molar-refractivity contribution >= 4 is 15.7 Å². The van der Waals surface area contributed by atoms with Crippen LogP contribution in [0.1, 0.15) is 0 Å². The Morgan fingerprint density at radius 1 is 1.05 bits per heavy atom. The molecule has 0 saturated carbocycles. The molecule has 2 aromatic rings. The van der Waals surface area contributed by atoms with Crippen LogP contribution in [-0.4, -0.2) is 15.5 Å². The molecule has 0 aliphatic carbocycles. The lowest BCUT2D eigenvalue weighted by molar-refractivity contribution is 0.417. The van der Waals surface area contributed by atoms with Gasteiger partial charge in [0.25, 0.3) is 10.0 Å². The number of halogens is 1. The molecule has 2 rings (SSSR count). The number of methoxy groups -OCH3 is 1. The maximum Gasteiger partial charge on any atom is 0.262 e. The van der Waals surface area contributed by atoms with Gasteiger partial charge in [0.1, 0.15) is 11.6 Å². The second-order valence-electron chi connectivity index (χ2n) is 3.76. The number of nitrogens with one attached hydrogen (secondary N) is 1. The first-order valence-corrected chi connectivity index (χ1v) is 6.92. The van der Waals surface area contributed by atoms with Crippen LogP contribution in [-0.2, 0) is 10.0 Å². The molecule has 0 spiro atoms. The zero-order valence-electron chi connectivity index (χ0n) is 10.1. The van der Waals surface area contributed by atoms with Crippen LogP contribution < -0.4 is 9.46 Å². The monoisotopic (exact) mass is 281 g/mol. The molecule has 0 fully saturated rings. The Bertz CT molecular complexity index is 669. The first-order valence-electron chi connectivity index (χ1n) is 5.44. The van der Waals surface area contributed by atoms with E-state index in [9.17, 15) is 12.8 Å². The van der Waals surface area contributed by atoms with Gasteiger partial charge in [0.15, 0.2) is 0 Å². The zero-order valence-corrected chi connectivity index (χ0v) is 10.9. The zero-order chi connectivity index (χ0) is 13.9. The number of ether oxygens (including phenoxy) is 1. The van der Waals surface area contributed by atoms with E-state index in [4.69, 9.17) is 4.74 Å². The lowest BCUT2D eigenvalue weighted by Gasteiger charge is -2.11. The molecule has 6 heteroatoms. The Hall–Kier alpha value is -2.08. The maximum atomic E-state index is 12.8. The minimum Gasteiger partial charge on any atom is -0.495 e. The van der Waals surface area contributed by atoms with Gasteiger partial charge < -0.3 is 4.74 Å². The van der Waals surface area contributed by atoms with Crippen LogP contribution in [0.3, 0.4) is 0 Å². The van der Waals surface area contributed by atoms with E-state index in [0.29, 0.717) is 11.4 Å². The summed E-state index contributed by atoms with van der Waals surface area (Å²) in [7, 11) is -2.31. The van der Waals surface area contributed by atoms with E-state index in [1.807, 2.05) is 0 Å². The van der Waals surface area contributed by atoms with Crippen molar-refractivity contribution in [3.8, 4) is 5.75 Å². The van der Waals surface area contributed by atoms with Gasteiger partial charge in [-0.3, -0.25) is 4.72 Å². The summed E-state index contributed by atoms with van der Waals surface area (Å²) in [4.78, 5) is -0.0141. The summed E-state index contributed by atoms with van der Waals surface area (Å²) in [6, 6.07) is 11.2. The number of sulfonamides is 1. The summed E-state index contributed by atoms with van der Waals surface area (Å²) in [5.41, 5.74) is 0.328. The smallest absolute Gasteiger partial charge is 0.262 e. The van der Waals surface area contributed by atoms with E-state index in [1.54, 1.807) is 24.3 Å². The number of para-hydroxylation sites is 2. The summed E-state index contributed by atoms with van der Waals surface area (Å²) in [5, 5.41) is 0. The summed E-state index contributed by atoms with van der Waals surface area (Å²) < 4.78 is 44.4. The van der Waals surface area contributed by atoms with E-state index in [1.165, 1.54) is 19.2 Å². The molecule has 0 saturated heterocycles. The molecule has 0 heterocycles. The standard InChI is InChI=1S/C13H12FNO3S/c1-18-13-5-3-2-4-12(13)15-19(16,17)11-8-6-10(14)7-9-11/h2-9,15H,1H3. The second kappa shape index (κ2) is 5.27. The van der Waals surface area contributed by atoms with Gasteiger partial charge in [0.2, 0.25) is 0 Å². The fourth-order valence-corrected chi connectivity index (χ4v) is 2.62. The van der Waals surface area contributed by atoms with Crippen molar-refractivity contribution in [3.63, 3.8) is 0 Å². The molecule has 2 aromatic carbocycles. The van der Waals surface area contributed by atoms with E-state index >= 15 is 0 Å². The van der Waals surface area contributed by atoms with Gasteiger partial charge in [0.05, 0.1) is 17.7 Å². The third-order valence-electron chi connectivity index (χ3n) is 2.48. The minimum absolute atomic E-state index is 0.0141. The minimum atomic E-state index is -3.76. The molecule has 0 atom stereocenters. The average Bonchev–Trinajstić information content (AvgIpc) is 2.39. The van der Waals surface area contributed by atoms with Crippen molar-refractivity contribution in [2.45, 2.75) is 4.90 Å². The Kier molecular flexibility index (Phi) is 3.71. The largest absolute Gasteiger partial charge is 0.495 e. The molecule has 0 bridgehead atoms. The predicted octanol–water partition coefficient (Wildman–Crippen LogP) is 2.64. The normalized spacial score (nSPS) is 11.1. The molecule has 0 unspecified atom stereocenters. The molecule has 0 amide bonds. The maximum absolute atomic E-state index is 12.8. The van der Waals surface area contributed by atoms with Gasteiger partial charge in [-0.15, -0.1) is 0 Å². The van der Waals surface area contributed by atoms with Crippen molar-refractivity contribution < 1.29 is 17.5 Å². The van der Waals surface area contributed by atoms with Crippen LogP contribution in [0.2, 0.25) is 0 Å². The first kappa shape index (κ1) is 13.4. The second-order valence-corrected chi connectivity index (χ2v) is 5.44. The number of rotatable bonds is 4. The number of hydrogen-bond donors (Lipinski definition) is 1. The lowest BCUT2D eigenvalue weighted by Crippen LogP contribution is -2.13. The Balaban J connectivity index is 2.34. The topological polar surface area (TPSA) is 55.4 Å². The molecule has 0 aliphatic heterocycles. The van der Waals surface area contributed by atoms with Gasteiger partial charge in [-0.05, 0) is 36.4 Å².